The fourth-order valence-electron chi connectivity index (χ4n) is 4.22. The van der Waals surface area contributed by atoms with Gasteiger partial charge in [0.1, 0.15) is 0 Å². The summed E-state index contributed by atoms with van der Waals surface area (Å²) in [5.74, 6) is -0.494. The molecule has 5 nitrogen and oxygen atoms in total. The summed E-state index contributed by atoms with van der Waals surface area (Å²) in [4.78, 5) is 19.7. The highest BCUT2D eigenvalue weighted by Crippen LogP contribution is 2.36. The van der Waals surface area contributed by atoms with E-state index in [1.807, 2.05) is 42.5 Å². The number of rotatable bonds is 6. The Hall–Kier alpha value is -3.04. The molecule has 0 aromatic heterocycles. The molecule has 0 saturated carbocycles. The van der Waals surface area contributed by atoms with Crippen molar-refractivity contribution >= 4 is 40.5 Å². The molecule has 2 N–H and O–H groups in total. The minimum atomic E-state index is -0.494. The van der Waals surface area contributed by atoms with Crippen molar-refractivity contribution in [2.45, 2.75) is 12.5 Å². The number of amides is 1. The number of benzene rings is 3. The van der Waals surface area contributed by atoms with Crippen LogP contribution < -0.4 is 10.6 Å². The molecular weight excluding hydrogens is 455 g/mol. The summed E-state index contributed by atoms with van der Waals surface area (Å²) in [5, 5.41) is 1.21. The summed E-state index contributed by atoms with van der Waals surface area (Å²) in [5.41, 5.74) is 9.73. The summed E-state index contributed by atoms with van der Waals surface area (Å²) in [6.07, 6.45) is 0.916. The van der Waals surface area contributed by atoms with Gasteiger partial charge in [-0.1, -0.05) is 59.6 Å². The van der Waals surface area contributed by atoms with E-state index in [0.717, 1.165) is 43.9 Å². The zero-order valence-electron chi connectivity index (χ0n) is 18.0. The van der Waals surface area contributed by atoms with Gasteiger partial charge >= 0.3 is 0 Å². The first-order chi connectivity index (χ1) is 15.9. The van der Waals surface area contributed by atoms with Crippen LogP contribution in [0.15, 0.2) is 66.7 Å². The Bertz CT molecular complexity index is 1170. The zero-order valence-corrected chi connectivity index (χ0v) is 19.6. The molecule has 1 heterocycles. The molecule has 4 rings (SSSR count). The lowest BCUT2D eigenvalue weighted by Gasteiger charge is -2.43. The van der Waals surface area contributed by atoms with Gasteiger partial charge in [0.15, 0.2) is 5.69 Å². The van der Waals surface area contributed by atoms with E-state index in [4.69, 9.17) is 35.5 Å². The number of anilines is 1. The standard InChI is InChI=1S/C26H24Cl2N4O/c1-30-22-9-2-18(3-10-22)12-13-31-14-15-32(24-11-6-20(26(29)33)16-23(24)28)25(17-31)19-4-7-21(27)8-5-19/h2-11,16,25H,12-15,17H2,(H2,29,33)/t25-/m0/s1. The molecule has 1 aliphatic rings. The SMILES string of the molecule is [C-]#[N+]c1ccc(CCN2CCN(c3ccc(C(N)=O)cc3Cl)[C@H](c3ccc(Cl)cc3)C2)cc1. The van der Waals surface area contributed by atoms with Crippen molar-refractivity contribution in [2.24, 2.45) is 5.73 Å². The minimum Gasteiger partial charge on any atom is -0.366 e. The van der Waals surface area contributed by atoms with Gasteiger partial charge in [0, 0.05) is 36.8 Å². The van der Waals surface area contributed by atoms with E-state index in [1.54, 1.807) is 12.1 Å². The van der Waals surface area contributed by atoms with Gasteiger partial charge in [-0.05, 0) is 47.9 Å². The monoisotopic (exact) mass is 478 g/mol. The fraction of sp³-hybridized carbons (Fsp3) is 0.231. The second-order valence-electron chi connectivity index (χ2n) is 8.12. The molecule has 0 unspecified atom stereocenters. The van der Waals surface area contributed by atoms with Gasteiger partial charge in [-0.2, -0.15) is 0 Å². The van der Waals surface area contributed by atoms with E-state index in [-0.39, 0.29) is 6.04 Å². The quantitative estimate of drug-likeness (QED) is 0.458. The van der Waals surface area contributed by atoms with E-state index >= 15 is 0 Å². The van der Waals surface area contributed by atoms with Crippen molar-refractivity contribution in [3.63, 3.8) is 0 Å². The van der Waals surface area contributed by atoms with Crippen LogP contribution in [0.5, 0.6) is 0 Å². The van der Waals surface area contributed by atoms with E-state index in [1.165, 1.54) is 5.56 Å². The van der Waals surface area contributed by atoms with Crippen LogP contribution in [0.25, 0.3) is 4.85 Å². The normalized spacial score (nSPS) is 16.4. The van der Waals surface area contributed by atoms with Crippen LogP contribution in [0.4, 0.5) is 11.4 Å². The van der Waals surface area contributed by atoms with Crippen LogP contribution in [0.3, 0.4) is 0 Å². The van der Waals surface area contributed by atoms with Crippen molar-refractivity contribution < 1.29 is 4.79 Å². The second kappa shape index (κ2) is 10.3. The number of carbonyl (C=O) groups excluding carboxylic acids is 1. The van der Waals surface area contributed by atoms with Crippen molar-refractivity contribution in [1.82, 2.24) is 4.90 Å². The van der Waals surface area contributed by atoms with Crippen LogP contribution in [0, 0.1) is 6.57 Å². The molecule has 1 amide bonds. The lowest BCUT2D eigenvalue weighted by molar-refractivity contribution is 0.100. The molecule has 0 radical (unpaired) electrons. The van der Waals surface area contributed by atoms with Gasteiger partial charge in [-0.15, -0.1) is 0 Å². The lowest BCUT2D eigenvalue weighted by atomic mass is 10.0. The summed E-state index contributed by atoms with van der Waals surface area (Å²) in [7, 11) is 0. The number of piperazine rings is 1. The van der Waals surface area contributed by atoms with Crippen molar-refractivity contribution in [1.29, 1.82) is 0 Å². The number of carbonyl (C=O) groups is 1. The molecule has 1 aliphatic heterocycles. The predicted molar refractivity (Wildman–Crippen MR) is 134 cm³/mol. The Balaban J connectivity index is 1.55. The van der Waals surface area contributed by atoms with Gasteiger partial charge in [-0.25, -0.2) is 4.85 Å². The molecule has 0 spiro atoms. The molecule has 1 atom stereocenters. The number of hydrogen-bond donors (Lipinski definition) is 1. The Labute approximate surface area is 204 Å². The van der Waals surface area contributed by atoms with Crippen molar-refractivity contribution in [3.05, 3.63) is 105 Å². The van der Waals surface area contributed by atoms with Crippen LogP contribution >= 0.6 is 23.2 Å². The number of hydrogen-bond acceptors (Lipinski definition) is 3. The number of primary amides is 1. The molecule has 3 aromatic carbocycles. The van der Waals surface area contributed by atoms with E-state index in [2.05, 4.69) is 26.8 Å². The Morgan fingerprint density at radius 2 is 1.76 bits per heavy atom. The average Bonchev–Trinajstić information content (AvgIpc) is 2.83. The molecular formula is C26H24Cl2N4O. The van der Waals surface area contributed by atoms with Gasteiger partial charge in [0.05, 0.1) is 23.3 Å². The second-order valence-corrected chi connectivity index (χ2v) is 8.96. The highest BCUT2D eigenvalue weighted by molar-refractivity contribution is 6.33. The zero-order chi connectivity index (χ0) is 23.4. The maximum atomic E-state index is 11.5. The Kier molecular flexibility index (Phi) is 7.20. The van der Waals surface area contributed by atoms with Gasteiger partial charge in [-0.3, -0.25) is 9.69 Å². The van der Waals surface area contributed by atoms with Crippen LogP contribution in [-0.2, 0) is 6.42 Å². The third kappa shape index (κ3) is 5.48. The van der Waals surface area contributed by atoms with Crippen molar-refractivity contribution in [2.75, 3.05) is 31.1 Å². The summed E-state index contributed by atoms with van der Waals surface area (Å²) < 4.78 is 0. The first-order valence-electron chi connectivity index (χ1n) is 10.7. The molecule has 0 bridgehead atoms. The maximum Gasteiger partial charge on any atom is 0.248 e. The molecule has 33 heavy (non-hydrogen) atoms. The molecule has 3 aromatic rings. The third-order valence-electron chi connectivity index (χ3n) is 6.04. The molecule has 168 valence electrons. The van der Waals surface area contributed by atoms with Crippen LogP contribution in [-0.4, -0.2) is 37.0 Å². The first kappa shape index (κ1) is 23.1. The first-order valence-corrected chi connectivity index (χ1v) is 11.5. The number of halogens is 2. The van der Waals surface area contributed by atoms with E-state index < -0.39 is 5.91 Å². The van der Waals surface area contributed by atoms with E-state index in [0.29, 0.717) is 21.3 Å². The lowest BCUT2D eigenvalue weighted by Crippen LogP contribution is -2.49. The number of nitrogens with zero attached hydrogens (tertiary/aromatic N) is 3. The van der Waals surface area contributed by atoms with Gasteiger partial charge < -0.3 is 10.6 Å². The summed E-state index contributed by atoms with van der Waals surface area (Å²) in [6, 6.07) is 21.0. The number of nitrogens with two attached hydrogens (primary N) is 1. The summed E-state index contributed by atoms with van der Waals surface area (Å²) in [6.45, 7) is 10.5. The predicted octanol–water partition coefficient (Wildman–Crippen LogP) is 5.75. The highest BCUT2D eigenvalue weighted by Gasteiger charge is 2.29. The fourth-order valence-corrected chi connectivity index (χ4v) is 4.63. The molecule has 0 aliphatic carbocycles. The average molecular weight is 479 g/mol. The van der Waals surface area contributed by atoms with E-state index in [9.17, 15) is 4.79 Å². The van der Waals surface area contributed by atoms with Crippen LogP contribution in [0.2, 0.25) is 10.0 Å². The third-order valence-corrected chi connectivity index (χ3v) is 6.60. The summed E-state index contributed by atoms with van der Waals surface area (Å²) >= 11 is 12.7. The molecule has 1 saturated heterocycles. The largest absolute Gasteiger partial charge is 0.366 e. The Morgan fingerprint density at radius 3 is 2.39 bits per heavy atom. The maximum absolute atomic E-state index is 11.5. The Morgan fingerprint density at radius 1 is 1.03 bits per heavy atom. The molecule has 7 heteroatoms. The smallest absolute Gasteiger partial charge is 0.248 e. The minimum absolute atomic E-state index is 0.0810. The molecule has 1 fully saturated rings. The van der Waals surface area contributed by atoms with Gasteiger partial charge in [0.25, 0.3) is 0 Å². The highest BCUT2D eigenvalue weighted by atomic mass is 35.5. The van der Waals surface area contributed by atoms with Crippen LogP contribution in [0.1, 0.15) is 27.5 Å². The topological polar surface area (TPSA) is 53.9 Å². The van der Waals surface area contributed by atoms with Crippen molar-refractivity contribution in [3.8, 4) is 0 Å². The van der Waals surface area contributed by atoms with Gasteiger partial charge in [0.2, 0.25) is 5.91 Å².